The second kappa shape index (κ2) is 21.5. The second-order valence-electron chi connectivity index (χ2n) is 10.9. The molecular formula is C28H52N4O8. The number of nitrogens with zero attached hydrogens (tertiary/aromatic N) is 4. The van der Waals surface area contributed by atoms with E-state index in [0.29, 0.717) is 58.8 Å². The molecule has 0 spiro atoms. The van der Waals surface area contributed by atoms with Crippen LogP contribution in [0, 0.1) is 0 Å². The highest BCUT2D eigenvalue weighted by Gasteiger charge is 2.27. The molecule has 40 heavy (non-hydrogen) atoms. The molecule has 1 heterocycles. The lowest BCUT2D eigenvalue weighted by Crippen LogP contribution is -2.51. The van der Waals surface area contributed by atoms with Crippen molar-refractivity contribution in [3.63, 3.8) is 0 Å². The maximum Gasteiger partial charge on any atom is 0.320 e. The molecular weight excluding hydrogens is 520 g/mol. The Bertz CT molecular complexity index is 722. The first kappa shape index (κ1) is 35.7. The van der Waals surface area contributed by atoms with E-state index in [2.05, 4.69) is 6.92 Å². The summed E-state index contributed by atoms with van der Waals surface area (Å²) in [6.07, 6.45) is 12.0. The Morgan fingerprint density at radius 2 is 0.850 bits per heavy atom. The number of hydrogen-bond donors (Lipinski definition) is 4. The van der Waals surface area contributed by atoms with Gasteiger partial charge in [0.25, 0.3) is 0 Å². The van der Waals surface area contributed by atoms with Gasteiger partial charge in [-0.1, -0.05) is 71.1 Å². The van der Waals surface area contributed by atoms with E-state index in [9.17, 15) is 39.6 Å². The quantitative estimate of drug-likeness (QED) is 0.167. The van der Waals surface area contributed by atoms with Gasteiger partial charge in [0.2, 0.25) is 0 Å². The van der Waals surface area contributed by atoms with Crippen molar-refractivity contribution in [2.75, 3.05) is 72.0 Å². The third kappa shape index (κ3) is 17.4. The molecule has 0 aromatic carbocycles. The summed E-state index contributed by atoms with van der Waals surface area (Å²) >= 11 is 0. The second-order valence-corrected chi connectivity index (χ2v) is 10.9. The molecule has 0 aromatic rings. The molecule has 0 saturated carbocycles. The monoisotopic (exact) mass is 572 g/mol. The number of hydrogen-bond acceptors (Lipinski definition) is 8. The summed E-state index contributed by atoms with van der Waals surface area (Å²) < 4.78 is 0. The summed E-state index contributed by atoms with van der Waals surface area (Å²) in [5.74, 6) is -3.94. The molecule has 1 rings (SSSR count). The van der Waals surface area contributed by atoms with Gasteiger partial charge in [-0.25, -0.2) is 0 Å². The average molecular weight is 573 g/mol. The van der Waals surface area contributed by atoms with Gasteiger partial charge in [0.1, 0.15) is 6.04 Å². The number of rotatable bonds is 19. The number of carbonyl (C=O) groups is 4. The van der Waals surface area contributed by atoms with Crippen LogP contribution in [0.2, 0.25) is 0 Å². The Balaban J connectivity index is 2.83. The van der Waals surface area contributed by atoms with Crippen molar-refractivity contribution in [2.45, 2.75) is 83.6 Å². The van der Waals surface area contributed by atoms with Crippen LogP contribution in [-0.2, 0) is 19.2 Å². The van der Waals surface area contributed by atoms with Gasteiger partial charge in [-0.2, -0.15) is 0 Å². The Morgan fingerprint density at radius 3 is 1.18 bits per heavy atom. The van der Waals surface area contributed by atoms with Gasteiger partial charge in [0.05, 0.1) is 19.6 Å². The lowest BCUT2D eigenvalue weighted by Gasteiger charge is -2.35. The smallest absolute Gasteiger partial charge is 0.320 e. The fourth-order valence-electron chi connectivity index (χ4n) is 5.20. The van der Waals surface area contributed by atoms with Crippen molar-refractivity contribution < 1.29 is 39.6 Å². The third-order valence-electron chi connectivity index (χ3n) is 7.51. The van der Waals surface area contributed by atoms with E-state index < -0.39 is 29.9 Å². The predicted molar refractivity (Wildman–Crippen MR) is 152 cm³/mol. The van der Waals surface area contributed by atoms with Crippen LogP contribution in [-0.4, -0.2) is 142 Å². The van der Waals surface area contributed by atoms with Gasteiger partial charge < -0.3 is 20.4 Å². The standard InChI is InChI=1S/C28H52N4O8/c1-2-3-4-5-6-7-8-9-10-11-12-24(28(39)40)32-19-17-30(22-26(35)36)15-13-29(21-25(33)34)14-16-31(18-20-32)23-27(37)38/h24H,2-23H2,1H3,(H,33,34)(H,35,36)(H,37,38)(H,39,40). The Kier molecular flexibility index (Phi) is 19.2. The molecule has 1 saturated heterocycles. The van der Waals surface area contributed by atoms with Gasteiger partial charge in [-0.15, -0.1) is 0 Å². The fourth-order valence-corrected chi connectivity index (χ4v) is 5.20. The minimum absolute atomic E-state index is 0.226. The molecule has 1 aliphatic rings. The van der Waals surface area contributed by atoms with Gasteiger partial charge >= 0.3 is 23.9 Å². The van der Waals surface area contributed by atoms with E-state index in [0.717, 1.165) is 25.7 Å². The zero-order valence-electron chi connectivity index (χ0n) is 24.3. The largest absolute Gasteiger partial charge is 0.480 e. The average Bonchev–Trinajstić information content (AvgIpc) is 2.87. The lowest BCUT2D eigenvalue weighted by molar-refractivity contribution is -0.145. The van der Waals surface area contributed by atoms with Crippen LogP contribution in [0.15, 0.2) is 0 Å². The topological polar surface area (TPSA) is 162 Å². The van der Waals surface area contributed by atoms with Gasteiger partial charge in [0.15, 0.2) is 0 Å². The van der Waals surface area contributed by atoms with E-state index in [1.807, 2.05) is 4.90 Å². The van der Waals surface area contributed by atoms with E-state index in [1.165, 1.54) is 38.5 Å². The summed E-state index contributed by atoms with van der Waals surface area (Å²) in [7, 11) is 0. The number of carboxylic acids is 4. The molecule has 4 N–H and O–H groups in total. The van der Waals surface area contributed by atoms with Crippen LogP contribution in [0.4, 0.5) is 0 Å². The first-order valence-corrected chi connectivity index (χ1v) is 14.9. The van der Waals surface area contributed by atoms with Crippen molar-refractivity contribution in [2.24, 2.45) is 0 Å². The van der Waals surface area contributed by atoms with Gasteiger partial charge in [0, 0.05) is 52.4 Å². The molecule has 1 fully saturated rings. The zero-order chi connectivity index (χ0) is 29.8. The van der Waals surface area contributed by atoms with E-state index in [4.69, 9.17) is 0 Å². The van der Waals surface area contributed by atoms with Crippen molar-refractivity contribution in [3.8, 4) is 0 Å². The minimum atomic E-state index is -1.01. The fraction of sp³-hybridized carbons (Fsp3) is 0.857. The van der Waals surface area contributed by atoms with Crippen LogP contribution < -0.4 is 0 Å². The normalized spacial score (nSPS) is 18.0. The van der Waals surface area contributed by atoms with E-state index >= 15 is 0 Å². The minimum Gasteiger partial charge on any atom is -0.480 e. The maximum absolute atomic E-state index is 12.3. The van der Waals surface area contributed by atoms with E-state index in [-0.39, 0.29) is 19.6 Å². The SMILES string of the molecule is CCCCCCCCCCCCC(C(=O)O)N1CCN(CC(=O)O)CCN(CC(=O)O)CCN(CC(=O)O)CC1. The van der Waals surface area contributed by atoms with Crippen molar-refractivity contribution in [1.29, 1.82) is 0 Å². The summed E-state index contributed by atoms with van der Waals surface area (Å²) in [5.41, 5.74) is 0. The summed E-state index contributed by atoms with van der Waals surface area (Å²) in [5, 5.41) is 38.1. The summed E-state index contributed by atoms with van der Waals surface area (Å²) in [4.78, 5) is 53.5. The van der Waals surface area contributed by atoms with Crippen molar-refractivity contribution in [1.82, 2.24) is 19.6 Å². The lowest BCUT2D eigenvalue weighted by atomic mass is 10.0. The highest BCUT2D eigenvalue weighted by atomic mass is 16.4. The predicted octanol–water partition coefficient (Wildman–Crippen LogP) is 2.23. The summed E-state index contributed by atoms with van der Waals surface area (Å²) in [6.45, 7) is 4.03. The highest BCUT2D eigenvalue weighted by molar-refractivity contribution is 5.73. The molecule has 12 nitrogen and oxygen atoms in total. The molecule has 1 aliphatic heterocycles. The number of unbranched alkanes of at least 4 members (excludes halogenated alkanes) is 9. The van der Waals surface area contributed by atoms with Crippen molar-refractivity contribution in [3.05, 3.63) is 0 Å². The molecule has 0 amide bonds. The van der Waals surface area contributed by atoms with E-state index in [1.54, 1.807) is 14.7 Å². The van der Waals surface area contributed by atoms with Crippen LogP contribution in [0.1, 0.15) is 77.6 Å². The molecule has 0 aromatic heterocycles. The van der Waals surface area contributed by atoms with Crippen LogP contribution >= 0.6 is 0 Å². The molecule has 12 heteroatoms. The first-order valence-electron chi connectivity index (χ1n) is 14.9. The van der Waals surface area contributed by atoms with Crippen LogP contribution in [0.5, 0.6) is 0 Å². The van der Waals surface area contributed by atoms with Crippen molar-refractivity contribution >= 4 is 23.9 Å². The molecule has 1 unspecified atom stereocenters. The number of aliphatic carboxylic acids is 4. The molecule has 232 valence electrons. The number of carboxylic acid groups (broad SMARTS) is 4. The zero-order valence-corrected chi connectivity index (χ0v) is 24.3. The molecule has 1 atom stereocenters. The Morgan fingerprint density at radius 1 is 0.525 bits per heavy atom. The Labute approximate surface area is 238 Å². The third-order valence-corrected chi connectivity index (χ3v) is 7.51. The summed E-state index contributed by atoms with van der Waals surface area (Å²) in [6, 6.07) is -0.737. The maximum atomic E-state index is 12.3. The van der Waals surface area contributed by atoms with Gasteiger partial charge in [-0.3, -0.25) is 38.8 Å². The molecule has 0 aliphatic carbocycles. The highest BCUT2D eigenvalue weighted by Crippen LogP contribution is 2.15. The first-order chi connectivity index (χ1) is 19.1. The molecule has 0 bridgehead atoms. The van der Waals surface area contributed by atoms with Crippen LogP contribution in [0.3, 0.4) is 0 Å². The Hall–Kier alpha value is -2.28. The van der Waals surface area contributed by atoms with Gasteiger partial charge in [-0.05, 0) is 6.42 Å². The molecule has 0 radical (unpaired) electrons. The van der Waals surface area contributed by atoms with Crippen LogP contribution in [0.25, 0.3) is 0 Å².